The van der Waals surface area contributed by atoms with Crippen LogP contribution < -0.4 is 4.89 Å². The third-order valence-corrected chi connectivity index (χ3v) is 3.53. The van der Waals surface area contributed by atoms with Gasteiger partial charge in [0.1, 0.15) is 0 Å². The first-order chi connectivity index (χ1) is 4.18. The van der Waals surface area contributed by atoms with E-state index < -0.39 is 10.5 Å². The molecular weight excluding hydrogens is 138 g/mol. The topological polar surface area (TPSA) is 30.5 Å². The molecule has 58 valence electrons. The molecule has 0 radical (unpaired) electrons. The summed E-state index contributed by atoms with van der Waals surface area (Å²) in [5, 5.41) is 0. The van der Waals surface area contributed by atoms with Crippen molar-refractivity contribution < 1.29 is 9.02 Å². The van der Waals surface area contributed by atoms with Crippen LogP contribution in [0.15, 0.2) is 0 Å². The van der Waals surface area contributed by atoms with Crippen molar-refractivity contribution in [3.8, 4) is 0 Å². The van der Waals surface area contributed by atoms with Crippen molar-refractivity contribution in [1.82, 2.24) is 4.89 Å². The van der Waals surface area contributed by atoms with Gasteiger partial charge in [0.2, 0.25) is 0 Å². The number of rotatable bonds is 4. The monoisotopic (exact) mass is 153 g/mol. The Morgan fingerprint density at radius 2 is 2.00 bits per heavy atom. The lowest BCUT2D eigenvalue weighted by Gasteiger charge is -2.31. The summed E-state index contributed by atoms with van der Waals surface area (Å²) in [7, 11) is 2.15. The molecule has 0 rings (SSSR count). The van der Waals surface area contributed by atoms with Gasteiger partial charge in [0, 0.05) is 19.1 Å². The summed E-state index contributed by atoms with van der Waals surface area (Å²) in [4.78, 5) is 7.57. The Balaban J connectivity index is 3.62. The summed E-state index contributed by atoms with van der Waals surface area (Å²) >= 11 is 0. The van der Waals surface area contributed by atoms with Gasteiger partial charge in [-0.25, -0.2) is 0 Å². The highest BCUT2D eigenvalue weighted by Gasteiger charge is 2.12. The number of nitrogens with one attached hydrogen (secondary N) is 1. The second kappa shape index (κ2) is 4.11. The molecule has 0 aliphatic carbocycles. The first kappa shape index (κ1) is 9.23. The van der Waals surface area contributed by atoms with Crippen molar-refractivity contribution in [3.63, 3.8) is 0 Å². The maximum atomic E-state index is 5.17. The molecule has 0 fully saturated rings. The SMILES string of the molecule is CCS(C)(NOC)OC. The first-order valence-electron chi connectivity index (χ1n) is 2.80. The third kappa shape index (κ3) is 3.05. The maximum absolute atomic E-state index is 5.17. The van der Waals surface area contributed by atoms with E-state index in [1.807, 2.05) is 6.26 Å². The highest BCUT2D eigenvalue weighted by Crippen LogP contribution is 2.38. The van der Waals surface area contributed by atoms with Crippen LogP contribution in [-0.2, 0) is 9.02 Å². The second-order valence-corrected chi connectivity index (χ2v) is 4.84. The molecule has 0 aromatic heterocycles. The van der Waals surface area contributed by atoms with E-state index >= 15 is 0 Å². The minimum Gasteiger partial charge on any atom is -0.325 e. The fraction of sp³-hybridized carbons (Fsp3) is 1.00. The Morgan fingerprint density at radius 1 is 1.44 bits per heavy atom. The normalized spacial score (nSPS) is 20.9. The average molecular weight is 153 g/mol. The molecule has 4 heteroatoms. The van der Waals surface area contributed by atoms with Gasteiger partial charge >= 0.3 is 0 Å². The zero-order chi connectivity index (χ0) is 7.33. The zero-order valence-corrected chi connectivity index (χ0v) is 7.25. The van der Waals surface area contributed by atoms with E-state index in [0.29, 0.717) is 0 Å². The quantitative estimate of drug-likeness (QED) is 0.613. The van der Waals surface area contributed by atoms with Gasteiger partial charge in [-0.05, 0) is 0 Å². The lowest BCUT2D eigenvalue weighted by Crippen LogP contribution is -2.21. The Bertz CT molecular complexity index is 75.4. The van der Waals surface area contributed by atoms with Gasteiger partial charge in [-0.3, -0.25) is 4.84 Å². The average Bonchev–Trinajstić information content (AvgIpc) is 1.89. The molecule has 0 heterocycles. The molecule has 0 aromatic rings. The lowest BCUT2D eigenvalue weighted by atomic mass is 11.0. The molecule has 0 aliphatic rings. The molecule has 0 amide bonds. The van der Waals surface area contributed by atoms with Crippen LogP contribution in [-0.4, -0.2) is 26.2 Å². The summed E-state index contributed by atoms with van der Waals surface area (Å²) in [6, 6.07) is 0. The standard InChI is InChI=1S/C5H15NO2S/c1-5-9(4,8-3)6-7-2/h6H,5H2,1-4H3. The summed E-state index contributed by atoms with van der Waals surface area (Å²) in [5.41, 5.74) is 0. The molecule has 1 atom stereocenters. The molecule has 0 saturated heterocycles. The Morgan fingerprint density at radius 3 is 2.11 bits per heavy atom. The fourth-order valence-corrected chi connectivity index (χ4v) is 1.16. The molecular formula is C5H15NO2S. The predicted molar refractivity (Wildman–Crippen MR) is 41.2 cm³/mol. The third-order valence-electron chi connectivity index (χ3n) is 1.18. The minimum absolute atomic E-state index is 0.956. The van der Waals surface area contributed by atoms with E-state index in [1.54, 1.807) is 14.2 Å². The van der Waals surface area contributed by atoms with Crippen molar-refractivity contribution in [3.05, 3.63) is 0 Å². The van der Waals surface area contributed by atoms with Crippen LogP contribution in [0, 0.1) is 0 Å². The molecule has 1 unspecified atom stereocenters. The van der Waals surface area contributed by atoms with Crippen LogP contribution in [0.25, 0.3) is 0 Å². The molecule has 0 aliphatic heterocycles. The van der Waals surface area contributed by atoms with E-state index in [9.17, 15) is 0 Å². The summed E-state index contributed by atoms with van der Waals surface area (Å²) in [6.07, 6.45) is 2.01. The van der Waals surface area contributed by atoms with Gasteiger partial charge in [0.15, 0.2) is 0 Å². The van der Waals surface area contributed by atoms with Crippen LogP contribution in [0.4, 0.5) is 0 Å². The van der Waals surface area contributed by atoms with Crippen LogP contribution in [0.1, 0.15) is 6.92 Å². The largest absolute Gasteiger partial charge is 0.325 e. The lowest BCUT2D eigenvalue weighted by molar-refractivity contribution is 0.150. The van der Waals surface area contributed by atoms with Gasteiger partial charge in [-0.15, -0.1) is 4.89 Å². The highest BCUT2D eigenvalue weighted by atomic mass is 32.3. The van der Waals surface area contributed by atoms with E-state index in [0.717, 1.165) is 5.75 Å². The van der Waals surface area contributed by atoms with Gasteiger partial charge in [0.05, 0.1) is 7.11 Å². The van der Waals surface area contributed by atoms with Crippen LogP contribution in [0.5, 0.6) is 0 Å². The smallest absolute Gasteiger partial charge is 0.0583 e. The molecule has 9 heavy (non-hydrogen) atoms. The van der Waals surface area contributed by atoms with Crippen LogP contribution in [0.3, 0.4) is 0 Å². The maximum Gasteiger partial charge on any atom is 0.0583 e. The van der Waals surface area contributed by atoms with E-state index in [2.05, 4.69) is 11.8 Å². The van der Waals surface area contributed by atoms with Crippen molar-refractivity contribution in [2.75, 3.05) is 26.2 Å². The molecule has 0 aromatic carbocycles. The van der Waals surface area contributed by atoms with Crippen molar-refractivity contribution >= 4 is 10.5 Å². The van der Waals surface area contributed by atoms with Crippen molar-refractivity contribution in [1.29, 1.82) is 0 Å². The minimum atomic E-state index is -1.14. The zero-order valence-electron chi connectivity index (χ0n) is 6.43. The summed E-state index contributed by atoms with van der Waals surface area (Å²) in [5.74, 6) is 0.956. The molecule has 3 nitrogen and oxygen atoms in total. The Kier molecular flexibility index (Phi) is 4.22. The molecule has 0 saturated carbocycles. The van der Waals surface area contributed by atoms with Crippen molar-refractivity contribution in [2.45, 2.75) is 6.92 Å². The first-order valence-corrected chi connectivity index (χ1v) is 4.93. The van der Waals surface area contributed by atoms with Crippen LogP contribution in [0.2, 0.25) is 0 Å². The summed E-state index contributed by atoms with van der Waals surface area (Å²) < 4.78 is 5.17. The molecule has 0 bridgehead atoms. The number of hydrogen-bond donors (Lipinski definition) is 1. The Hall–Kier alpha value is 0.230. The van der Waals surface area contributed by atoms with Gasteiger partial charge in [0.25, 0.3) is 0 Å². The molecule has 0 spiro atoms. The van der Waals surface area contributed by atoms with E-state index in [-0.39, 0.29) is 0 Å². The van der Waals surface area contributed by atoms with E-state index in [1.165, 1.54) is 0 Å². The summed E-state index contributed by atoms with van der Waals surface area (Å²) in [6.45, 7) is 2.06. The predicted octanol–water partition coefficient (Wildman–Crippen LogP) is 1.07. The second-order valence-electron chi connectivity index (χ2n) is 1.75. The van der Waals surface area contributed by atoms with Gasteiger partial charge < -0.3 is 4.18 Å². The van der Waals surface area contributed by atoms with Gasteiger partial charge in [-0.2, -0.15) is 0 Å². The van der Waals surface area contributed by atoms with Crippen LogP contribution >= 0.6 is 10.5 Å². The molecule has 1 N–H and O–H groups in total. The van der Waals surface area contributed by atoms with E-state index in [4.69, 9.17) is 9.02 Å². The fourth-order valence-electron chi connectivity index (χ4n) is 0.387. The van der Waals surface area contributed by atoms with Gasteiger partial charge in [-0.1, -0.05) is 17.4 Å². The van der Waals surface area contributed by atoms with Crippen molar-refractivity contribution in [2.24, 2.45) is 0 Å². The highest BCUT2D eigenvalue weighted by molar-refractivity contribution is 8.27. The Labute approximate surface area is 58.3 Å². The number of hydrogen-bond acceptors (Lipinski definition) is 3.